The van der Waals surface area contributed by atoms with E-state index in [0.29, 0.717) is 12.1 Å². The van der Waals surface area contributed by atoms with E-state index >= 15 is 0 Å². The molecule has 0 bridgehead atoms. The van der Waals surface area contributed by atoms with E-state index in [2.05, 4.69) is 6.92 Å². The highest BCUT2D eigenvalue weighted by atomic mass is 16.5. The molecule has 10 heavy (non-hydrogen) atoms. The first kappa shape index (κ1) is 7.98. The Morgan fingerprint density at radius 3 is 2.90 bits per heavy atom. The normalized spacial score (nSPS) is 36.3. The Labute approximate surface area is 62.1 Å². The minimum Gasteiger partial charge on any atom is -0.375 e. The van der Waals surface area contributed by atoms with E-state index in [4.69, 9.17) is 10.6 Å². The lowest BCUT2D eigenvalue weighted by Gasteiger charge is -2.34. The lowest BCUT2D eigenvalue weighted by Crippen LogP contribution is -2.52. The van der Waals surface area contributed by atoms with Gasteiger partial charge in [-0.3, -0.25) is 5.84 Å². The van der Waals surface area contributed by atoms with Crippen molar-refractivity contribution in [2.24, 2.45) is 5.84 Å². The van der Waals surface area contributed by atoms with Crippen LogP contribution in [0.5, 0.6) is 0 Å². The summed E-state index contributed by atoms with van der Waals surface area (Å²) in [6.45, 7) is 5.82. The fourth-order valence-corrected chi connectivity index (χ4v) is 1.22. The van der Waals surface area contributed by atoms with Crippen LogP contribution in [0.4, 0.5) is 0 Å². The molecule has 1 heterocycles. The first-order valence-corrected chi connectivity index (χ1v) is 3.87. The van der Waals surface area contributed by atoms with Gasteiger partial charge in [-0.1, -0.05) is 6.92 Å². The van der Waals surface area contributed by atoms with Crippen molar-refractivity contribution in [1.82, 2.24) is 5.01 Å². The maximum Gasteiger partial charge on any atom is 0.0688 e. The van der Waals surface area contributed by atoms with Gasteiger partial charge < -0.3 is 4.74 Å². The smallest absolute Gasteiger partial charge is 0.0688 e. The van der Waals surface area contributed by atoms with Gasteiger partial charge in [-0.15, -0.1) is 0 Å². The van der Waals surface area contributed by atoms with E-state index in [1.165, 1.54) is 0 Å². The molecule has 0 spiro atoms. The summed E-state index contributed by atoms with van der Waals surface area (Å²) < 4.78 is 5.43. The topological polar surface area (TPSA) is 38.5 Å². The molecule has 1 fully saturated rings. The highest BCUT2D eigenvalue weighted by Crippen LogP contribution is 2.09. The largest absolute Gasteiger partial charge is 0.375 e. The highest BCUT2D eigenvalue weighted by molar-refractivity contribution is 4.72. The van der Waals surface area contributed by atoms with Gasteiger partial charge in [0.05, 0.1) is 12.7 Å². The van der Waals surface area contributed by atoms with Gasteiger partial charge in [0.2, 0.25) is 0 Å². The molecule has 60 valence electrons. The summed E-state index contributed by atoms with van der Waals surface area (Å²) in [6.07, 6.45) is 1.37. The van der Waals surface area contributed by atoms with Crippen LogP contribution >= 0.6 is 0 Å². The van der Waals surface area contributed by atoms with E-state index in [1.54, 1.807) is 0 Å². The van der Waals surface area contributed by atoms with Gasteiger partial charge in [-0.25, -0.2) is 5.01 Å². The third kappa shape index (κ3) is 1.68. The van der Waals surface area contributed by atoms with Crippen molar-refractivity contribution in [2.45, 2.75) is 32.4 Å². The maximum absolute atomic E-state index is 5.73. The molecule has 1 aliphatic heterocycles. The predicted octanol–water partition coefficient (Wildman–Crippen LogP) is 0.359. The Morgan fingerprint density at radius 1 is 1.70 bits per heavy atom. The van der Waals surface area contributed by atoms with Crippen molar-refractivity contribution >= 4 is 0 Å². The molecule has 2 atom stereocenters. The lowest BCUT2D eigenvalue weighted by atomic mass is 10.2. The van der Waals surface area contributed by atoms with Crippen LogP contribution in [0.25, 0.3) is 0 Å². The molecule has 3 nitrogen and oxygen atoms in total. The van der Waals surface area contributed by atoms with Gasteiger partial charge in [0, 0.05) is 12.6 Å². The minimum atomic E-state index is 0.299. The average Bonchev–Trinajstić information content (AvgIpc) is 1.88. The number of hydrogen-bond donors (Lipinski definition) is 1. The number of hydrogen-bond acceptors (Lipinski definition) is 3. The summed E-state index contributed by atoms with van der Waals surface area (Å²) in [5, 5.41) is 1.88. The number of nitrogens with zero attached hydrogens (tertiary/aromatic N) is 1. The molecule has 3 heteroatoms. The Hall–Kier alpha value is -0.120. The number of morpholine rings is 1. The molecule has 1 aliphatic rings. The molecular weight excluding hydrogens is 128 g/mol. The van der Waals surface area contributed by atoms with Gasteiger partial charge in [0.25, 0.3) is 0 Å². The Morgan fingerprint density at radius 2 is 2.40 bits per heavy atom. The monoisotopic (exact) mass is 144 g/mol. The molecule has 0 aromatic heterocycles. The molecule has 1 saturated heterocycles. The zero-order valence-corrected chi connectivity index (χ0v) is 6.71. The average molecular weight is 144 g/mol. The van der Waals surface area contributed by atoms with E-state index in [-0.39, 0.29) is 0 Å². The first-order valence-electron chi connectivity index (χ1n) is 3.87. The van der Waals surface area contributed by atoms with E-state index < -0.39 is 0 Å². The second kappa shape index (κ2) is 3.32. The van der Waals surface area contributed by atoms with Crippen LogP contribution in [0.3, 0.4) is 0 Å². The summed E-state index contributed by atoms with van der Waals surface area (Å²) in [7, 11) is 0. The highest BCUT2D eigenvalue weighted by Gasteiger charge is 2.22. The lowest BCUT2D eigenvalue weighted by molar-refractivity contribution is -0.0564. The van der Waals surface area contributed by atoms with Gasteiger partial charge in [0.15, 0.2) is 0 Å². The second-order valence-corrected chi connectivity index (χ2v) is 2.90. The standard InChI is InChI=1S/C7H16N2O/c1-3-7-5-10-6(2)4-9(7)8/h6-7H,3-5,8H2,1-2H3. The van der Waals surface area contributed by atoms with Crippen molar-refractivity contribution in [1.29, 1.82) is 0 Å². The van der Waals surface area contributed by atoms with E-state index in [9.17, 15) is 0 Å². The predicted molar refractivity (Wildman–Crippen MR) is 40.4 cm³/mol. The Kier molecular flexibility index (Phi) is 2.65. The summed E-state index contributed by atoms with van der Waals surface area (Å²) in [5.41, 5.74) is 0. The van der Waals surface area contributed by atoms with Crippen LogP contribution in [0, 0.1) is 0 Å². The van der Waals surface area contributed by atoms with Crippen molar-refractivity contribution < 1.29 is 4.74 Å². The van der Waals surface area contributed by atoms with Crippen molar-refractivity contribution in [3.05, 3.63) is 0 Å². The molecular formula is C7H16N2O. The molecule has 0 saturated carbocycles. The molecule has 1 rings (SSSR count). The van der Waals surface area contributed by atoms with Crippen LogP contribution in [0.1, 0.15) is 20.3 Å². The van der Waals surface area contributed by atoms with Crippen LogP contribution < -0.4 is 5.84 Å². The van der Waals surface area contributed by atoms with E-state index in [0.717, 1.165) is 19.6 Å². The summed E-state index contributed by atoms with van der Waals surface area (Å²) in [4.78, 5) is 0. The molecule has 2 unspecified atom stereocenters. The molecule has 0 radical (unpaired) electrons. The molecule has 0 aromatic carbocycles. The van der Waals surface area contributed by atoms with Crippen molar-refractivity contribution in [2.75, 3.05) is 13.2 Å². The molecule has 0 amide bonds. The second-order valence-electron chi connectivity index (χ2n) is 2.90. The van der Waals surface area contributed by atoms with Crippen LogP contribution in [0.15, 0.2) is 0 Å². The number of hydrazine groups is 1. The fourth-order valence-electron chi connectivity index (χ4n) is 1.22. The zero-order valence-electron chi connectivity index (χ0n) is 6.71. The number of rotatable bonds is 1. The number of ether oxygens (including phenoxy) is 1. The molecule has 0 aromatic rings. The van der Waals surface area contributed by atoms with Crippen LogP contribution in [-0.2, 0) is 4.74 Å². The van der Waals surface area contributed by atoms with Gasteiger partial charge in [-0.05, 0) is 13.3 Å². The zero-order chi connectivity index (χ0) is 7.56. The number of nitrogens with two attached hydrogens (primary N) is 1. The summed E-state index contributed by atoms with van der Waals surface area (Å²) in [5.74, 6) is 5.73. The molecule has 0 aliphatic carbocycles. The van der Waals surface area contributed by atoms with Crippen LogP contribution in [0.2, 0.25) is 0 Å². The van der Waals surface area contributed by atoms with Crippen molar-refractivity contribution in [3.63, 3.8) is 0 Å². The third-order valence-electron chi connectivity index (χ3n) is 1.98. The van der Waals surface area contributed by atoms with Crippen LogP contribution in [-0.4, -0.2) is 30.3 Å². The van der Waals surface area contributed by atoms with E-state index in [1.807, 2.05) is 11.9 Å². The fraction of sp³-hybridized carbons (Fsp3) is 1.00. The quantitative estimate of drug-likeness (QED) is 0.540. The Bertz CT molecular complexity index is 108. The SMILES string of the molecule is CCC1COC(C)CN1N. The maximum atomic E-state index is 5.73. The first-order chi connectivity index (χ1) is 4.74. The van der Waals surface area contributed by atoms with Crippen molar-refractivity contribution in [3.8, 4) is 0 Å². The van der Waals surface area contributed by atoms with Gasteiger partial charge in [0.1, 0.15) is 0 Å². The summed E-state index contributed by atoms with van der Waals surface area (Å²) in [6, 6.07) is 0.427. The van der Waals surface area contributed by atoms with Gasteiger partial charge in [-0.2, -0.15) is 0 Å². The third-order valence-corrected chi connectivity index (χ3v) is 1.98. The summed E-state index contributed by atoms with van der Waals surface area (Å²) >= 11 is 0. The Balaban J connectivity index is 2.36. The minimum absolute atomic E-state index is 0.299. The van der Waals surface area contributed by atoms with Gasteiger partial charge >= 0.3 is 0 Å². The molecule has 2 N–H and O–H groups in total.